The first-order chi connectivity index (χ1) is 26.1. The molecule has 326 valence electrons. The van der Waals surface area contributed by atoms with Crippen LogP contribution in [0.1, 0.15) is 82.1 Å². The number of aliphatic hydroxyl groups excluding tert-OH is 11. The Kier molecular flexibility index (Phi) is 22.9. The van der Waals surface area contributed by atoms with E-state index in [2.05, 4.69) is 26.8 Å². The van der Waals surface area contributed by atoms with Gasteiger partial charge in [0.05, 0.1) is 38.1 Å². The van der Waals surface area contributed by atoms with Crippen molar-refractivity contribution in [3.63, 3.8) is 0 Å². The van der Waals surface area contributed by atoms with Crippen LogP contribution in [0.15, 0.2) is 46.6 Å². The van der Waals surface area contributed by atoms with Crippen LogP contribution in [0, 0.1) is 29.6 Å². The van der Waals surface area contributed by atoms with Crippen molar-refractivity contribution in [2.24, 2.45) is 29.6 Å². The highest BCUT2D eigenvalue weighted by Crippen LogP contribution is 2.30. The van der Waals surface area contributed by atoms with Gasteiger partial charge in [-0.2, -0.15) is 0 Å². The predicted molar refractivity (Wildman–Crippen MR) is 208 cm³/mol. The highest BCUT2D eigenvalue weighted by atomic mass is 16.7. The Labute approximate surface area is 332 Å². The molecule has 1 fully saturated rings. The van der Waals surface area contributed by atoms with Gasteiger partial charge in [0.25, 0.3) is 0 Å². The third-order valence-electron chi connectivity index (χ3n) is 10.6. The van der Waals surface area contributed by atoms with Gasteiger partial charge in [-0.3, -0.25) is 0 Å². The van der Waals surface area contributed by atoms with Crippen LogP contribution in [-0.4, -0.2) is 155 Å². The van der Waals surface area contributed by atoms with E-state index in [-0.39, 0.29) is 11.5 Å². The van der Waals surface area contributed by atoms with Crippen LogP contribution in [0.5, 0.6) is 0 Å². The van der Waals surface area contributed by atoms with Crippen LogP contribution < -0.4 is 0 Å². The van der Waals surface area contributed by atoms with Crippen molar-refractivity contribution in [3.8, 4) is 0 Å². The zero-order valence-electron chi connectivity index (χ0n) is 34.7. The molecule has 1 aliphatic heterocycles. The lowest BCUT2D eigenvalue weighted by molar-refractivity contribution is -0.310. The second kappa shape index (κ2) is 24.7. The Morgan fingerprint density at radius 1 is 0.696 bits per heavy atom. The lowest BCUT2D eigenvalue weighted by atomic mass is 9.87. The Morgan fingerprint density at radius 2 is 1.23 bits per heavy atom. The van der Waals surface area contributed by atoms with E-state index in [1.54, 1.807) is 33.8 Å². The molecule has 15 heteroatoms. The fourth-order valence-electron chi connectivity index (χ4n) is 6.97. The molecule has 0 aromatic heterocycles. The van der Waals surface area contributed by atoms with Crippen LogP contribution in [0.25, 0.3) is 0 Å². The molecule has 56 heavy (non-hydrogen) atoms. The lowest BCUT2D eigenvalue weighted by Gasteiger charge is -2.41. The Bertz CT molecular complexity index is 1300. The zero-order chi connectivity index (χ0) is 43.2. The quantitative estimate of drug-likeness (QED) is 0.0385. The zero-order valence-corrected chi connectivity index (χ0v) is 34.7. The van der Waals surface area contributed by atoms with Crippen molar-refractivity contribution in [1.29, 1.82) is 0 Å². The fourth-order valence-corrected chi connectivity index (χ4v) is 6.97. The van der Waals surface area contributed by atoms with E-state index in [4.69, 9.17) is 19.3 Å². The number of hydrogen-bond donors (Lipinski definition) is 11. The van der Waals surface area contributed by atoms with Crippen molar-refractivity contribution in [3.05, 3.63) is 46.6 Å². The van der Waals surface area contributed by atoms with E-state index in [1.165, 1.54) is 13.0 Å². The molecular formula is C41H72O15. The molecule has 0 spiro atoms. The van der Waals surface area contributed by atoms with Crippen LogP contribution >= 0.6 is 0 Å². The Balaban J connectivity index is 3.23. The van der Waals surface area contributed by atoms with E-state index in [0.717, 1.165) is 18.4 Å². The highest BCUT2D eigenvalue weighted by molar-refractivity contribution is 5.88. The standard InChI is InChI=1S/C41H72O15/c1-11-20(2)12-21(3)13-26(8)39(56-41-38(52)37(51)36(50)31(19-44)55-41)27(9)15-24(6)32(46)22(4)14-23(5)33(47)25(7)16-28(10)40(53)54-30(18-43)35(49)34(48)29(45)17-42/h13-16,20-22,25,27,29-39,41-52H,11-12,17-19H2,1-10H3. The van der Waals surface area contributed by atoms with Crippen LogP contribution in [0.4, 0.5) is 0 Å². The average Bonchev–Trinajstić information content (AvgIpc) is 3.16. The minimum atomic E-state index is -1.89. The van der Waals surface area contributed by atoms with Crippen LogP contribution in [0.2, 0.25) is 0 Å². The maximum Gasteiger partial charge on any atom is 0.333 e. The summed E-state index contributed by atoms with van der Waals surface area (Å²) in [6, 6.07) is 0. The van der Waals surface area contributed by atoms with Gasteiger partial charge in [-0.15, -0.1) is 0 Å². The van der Waals surface area contributed by atoms with E-state index in [0.29, 0.717) is 17.1 Å². The van der Waals surface area contributed by atoms with E-state index < -0.39 is 117 Å². The number of allylic oxidation sites excluding steroid dienone is 1. The number of esters is 1. The summed E-state index contributed by atoms with van der Waals surface area (Å²) in [5.41, 5.74) is 1.96. The van der Waals surface area contributed by atoms with Gasteiger partial charge in [-0.1, -0.05) is 72.3 Å². The third-order valence-corrected chi connectivity index (χ3v) is 10.6. The molecule has 17 atom stereocenters. The second-order valence-electron chi connectivity index (χ2n) is 15.9. The molecule has 1 rings (SSSR count). The summed E-state index contributed by atoms with van der Waals surface area (Å²) in [4.78, 5) is 12.7. The van der Waals surface area contributed by atoms with Gasteiger partial charge < -0.3 is 70.4 Å². The number of hydrogen-bond acceptors (Lipinski definition) is 15. The predicted octanol–water partition coefficient (Wildman–Crippen LogP) is 0.638. The normalized spacial score (nSPS) is 28.3. The molecule has 17 unspecified atom stereocenters. The second-order valence-corrected chi connectivity index (χ2v) is 15.9. The van der Waals surface area contributed by atoms with E-state index in [1.807, 2.05) is 19.9 Å². The summed E-state index contributed by atoms with van der Waals surface area (Å²) in [6.07, 6.45) is -8.06. The van der Waals surface area contributed by atoms with Crippen molar-refractivity contribution in [2.75, 3.05) is 19.8 Å². The molecule has 0 bridgehead atoms. The van der Waals surface area contributed by atoms with Crippen molar-refractivity contribution >= 4 is 5.97 Å². The van der Waals surface area contributed by atoms with Gasteiger partial charge in [-0.25, -0.2) is 4.79 Å². The van der Waals surface area contributed by atoms with Gasteiger partial charge in [0.15, 0.2) is 12.4 Å². The van der Waals surface area contributed by atoms with E-state index in [9.17, 15) is 55.9 Å². The molecule has 0 aliphatic carbocycles. The molecule has 0 saturated carbocycles. The first-order valence-corrected chi connectivity index (χ1v) is 19.6. The topological polar surface area (TPSA) is 267 Å². The molecule has 0 radical (unpaired) electrons. The third kappa shape index (κ3) is 15.3. The number of carbonyl (C=O) groups is 1. The average molecular weight is 805 g/mol. The van der Waals surface area contributed by atoms with Crippen LogP contribution in [0.3, 0.4) is 0 Å². The lowest BCUT2D eigenvalue weighted by Crippen LogP contribution is -2.60. The molecular weight excluding hydrogens is 732 g/mol. The summed E-state index contributed by atoms with van der Waals surface area (Å²) in [5, 5.41) is 112. The number of aliphatic hydroxyl groups is 11. The monoisotopic (exact) mass is 804 g/mol. The Morgan fingerprint density at radius 3 is 1.73 bits per heavy atom. The fraction of sp³-hybridized carbons (Fsp3) is 0.780. The molecule has 1 aliphatic rings. The molecule has 1 heterocycles. The Hall–Kier alpha value is -2.09. The van der Waals surface area contributed by atoms with Gasteiger partial charge >= 0.3 is 5.97 Å². The molecule has 0 aromatic carbocycles. The van der Waals surface area contributed by atoms with Crippen molar-refractivity contribution < 1.29 is 75.2 Å². The highest BCUT2D eigenvalue weighted by Gasteiger charge is 2.45. The first-order valence-electron chi connectivity index (χ1n) is 19.6. The molecule has 0 aromatic rings. The summed E-state index contributed by atoms with van der Waals surface area (Å²) in [7, 11) is 0. The molecule has 1 saturated heterocycles. The molecule has 15 nitrogen and oxygen atoms in total. The maximum absolute atomic E-state index is 12.7. The minimum absolute atomic E-state index is 0.0344. The van der Waals surface area contributed by atoms with Gasteiger partial charge in [0, 0.05) is 23.3 Å². The number of ether oxygens (including phenoxy) is 3. The molecule has 11 N–H and O–H groups in total. The minimum Gasteiger partial charge on any atom is -0.454 e. The summed E-state index contributed by atoms with van der Waals surface area (Å²) in [6.45, 7) is 16.1. The number of rotatable bonds is 23. The van der Waals surface area contributed by atoms with E-state index >= 15 is 0 Å². The van der Waals surface area contributed by atoms with Crippen molar-refractivity contribution in [2.45, 2.75) is 156 Å². The van der Waals surface area contributed by atoms with Crippen LogP contribution in [-0.2, 0) is 19.0 Å². The smallest absolute Gasteiger partial charge is 0.333 e. The number of carbonyl (C=O) groups excluding carboxylic acids is 1. The maximum atomic E-state index is 12.7. The summed E-state index contributed by atoms with van der Waals surface area (Å²) in [5.74, 6) is -1.77. The molecule has 0 amide bonds. The summed E-state index contributed by atoms with van der Waals surface area (Å²) < 4.78 is 17.1. The largest absolute Gasteiger partial charge is 0.454 e. The van der Waals surface area contributed by atoms with Crippen molar-refractivity contribution in [1.82, 2.24) is 0 Å². The first kappa shape index (κ1) is 51.9. The summed E-state index contributed by atoms with van der Waals surface area (Å²) >= 11 is 0. The SMILES string of the molecule is CCC(C)CC(C)C=C(C)C(OC1OC(CO)C(O)C(O)C1O)C(C)C=C(C)C(O)C(C)C=C(C)C(O)C(C)C=C(C)C(=O)OC(CO)C(O)C(O)C(O)CO. The van der Waals surface area contributed by atoms with Gasteiger partial charge in [0.2, 0.25) is 0 Å². The van der Waals surface area contributed by atoms with Gasteiger partial charge in [-0.05, 0) is 62.7 Å². The van der Waals surface area contributed by atoms with Gasteiger partial charge in [0.1, 0.15) is 42.7 Å².